The zero-order chi connectivity index (χ0) is 23.1. The lowest BCUT2D eigenvalue weighted by Crippen LogP contribution is -2.50. The van der Waals surface area contributed by atoms with Crippen LogP contribution in [-0.2, 0) is 22.6 Å². The highest BCUT2D eigenvalue weighted by molar-refractivity contribution is 6.36. The molecule has 3 rings (SSSR count). The second-order valence-electron chi connectivity index (χ2n) is 8.27. The fourth-order valence-corrected chi connectivity index (χ4v) is 4.60. The first-order chi connectivity index (χ1) is 15.4. The van der Waals surface area contributed by atoms with Crippen molar-refractivity contribution in [2.45, 2.75) is 64.1 Å². The minimum Gasteiger partial charge on any atom is -0.497 e. The van der Waals surface area contributed by atoms with Crippen LogP contribution in [0.25, 0.3) is 0 Å². The number of methoxy groups -OCH3 is 1. The molecule has 0 saturated heterocycles. The third kappa shape index (κ3) is 6.39. The van der Waals surface area contributed by atoms with Crippen molar-refractivity contribution in [3.8, 4) is 5.75 Å². The van der Waals surface area contributed by atoms with Gasteiger partial charge in [0, 0.05) is 22.6 Å². The van der Waals surface area contributed by atoms with E-state index in [4.69, 9.17) is 27.9 Å². The molecular formula is C25H30Cl2N2O3. The van der Waals surface area contributed by atoms with Gasteiger partial charge in [0.15, 0.2) is 0 Å². The van der Waals surface area contributed by atoms with Crippen molar-refractivity contribution in [3.63, 3.8) is 0 Å². The molecule has 7 heteroatoms. The van der Waals surface area contributed by atoms with Crippen LogP contribution in [0.4, 0.5) is 0 Å². The maximum absolute atomic E-state index is 13.4. The van der Waals surface area contributed by atoms with Gasteiger partial charge in [-0.2, -0.15) is 0 Å². The zero-order valence-corrected chi connectivity index (χ0v) is 20.1. The number of hydrogen-bond acceptors (Lipinski definition) is 3. The molecule has 2 aromatic carbocycles. The molecule has 1 atom stereocenters. The number of carbonyl (C=O) groups is 2. The van der Waals surface area contributed by atoms with Crippen LogP contribution in [0.2, 0.25) is 10.0 Å². The van der Waals surface area contributed by atoms with E-state index in [9.17, 15) is 9.59 Å². The summed E-state index contributed by atoms with van der Waals surface area (Å²) in [7, 11) is 1.60. The number of amides is 2. The third-order valence-electron chi connectivity index (χ3n) is 6.00. The highest BCUT2D eigenvalue weighted by Crippen LogP contribution is 2.26. The summed E-state index contributed by atoms with van der Waals surface area (Å²) in [6.07, 6.45) is 5.44. The summed E-state index contributed by atoms with van der Waals surface area (Å²) < 4.78 is 5.31. The average Bonchev–Trinajstić information content (AvgIpc) is 2.80. The first-order valence-corrected chi connectivity index (χ1v) is 11.8. The number of hydrogen-bond donors (Lipinski definition) is 1. The molecule has 172 valence electrons. The van der Waals surface area contributed by atoms with Crippen LogP contribution in [0.5, 0.6) is 5.75 Å². The van der Waals surface area contributed by atoms with E-state index in [1.54, 1.807) is 37.1 Å². The summed E-state index contributed by atoms with van der Waals surface area (Å²) in [5.41, 5.74) is 1.44. The number of carbonyl (C=O) groups excluding carboxylic acids is 2. The number of halogens is 2. The maximum Gasteiger partial charge on any atom is 0.242 e. The molecule has 1 N–H and O–H groups in total. The molecule has 0 aliphatic heterocycles. The van der Waals surface area contributed by atoms with E-state index >= 15 is 0 Å². The van der Waals surface area contributed by atoms with Crippen molar-refractivity contribution in [1.29, 1.82) is 0 Å². The normalized spacial score (nSPS) is 15.1. The summed E-state index contributed by atoms with van der Waals surface area (Å²) in [6, 6.07) is 12.2. The first kappa shape index (κ1) is 24.4. The largest absolute Gasteiger partial charge is 0.497 e. The van der Waals surface area contributed by atoms with Crippen LogP contribution in [0.1, 0.15) is 50.2 Å². The Hall–Kier alpha value is -2.24. The Labute approximate surface area is 200 Å². The van der Waals surface area contributed by atoms with Gasteiger partial charge in [0.1, 0.15) is 11.8 Å². The summed E-state index contributed by atoms with van der Waals surface area (Å²) in [6.45, 7) is 2.04. The van der Waals surface area contributed by atoms with Crippen LogP contribution in [0.3, 0.4) is 0 Å². The van der Waals surface area contributed by atoms with Gasteiger partial charge in [-0.15, -0.1) is 0 Å². The first-order valence-electron chi connectivity index (χ1n) is 11.0. The van der Waals surface area contributed by atoms with Crippen molar-refractivity contribution < 1.29 is 14.3 Å². The SMILES string of the molecule is COc1cccc(CN(C(=O)Cc2c(Cl)cccc2Cl)[C@@H](C)C(=O)NC2CCCCC2)c1. The highest BCUT2D eigenvalue weighted by atomic mass is 35.5. The number of ether oxygens (including phenoxy) is 1. The van der Waals surface area contributed by atoms with Crippen molar-refractivity contribution >= 4 is 35.0 Å². The molecule has 1 aliphatic rings. The quantitative estimate of drug-likeness (QED) is 0.553. The second-order valence-corrected chi connectivity index (χ2v) is 9.08. The van der Waals surface area contributed by atoms with Crippen LogP contribution in [-0.4, -0.2) is 35.9 Å². The molecule has 5 nitrogen and oxygen atoms in total. The van der Waals surface area contributed by atoms with E-state index < -0.39 is 6.04 Å². The second kappa shape index (κ2) is 11.6. The van der Waals surface area contributed by atoms with Crippen LogP contribution in [0.15, 0.2) is 42.5 Å². The van der Waals surface area contributed by atoms with Gasteiger partial charge in [0.05, 0.1) is 13.5 Å². The molecule has 1 aliphatic carbocycles. The fourth-order valence-electron chi connectivity index (χ4n) is 4.07. The van der Waals surface area contributed by atoms with Gasteiger partial charge in [-0.05, 0) is 55.2 Å². The summed E-state index contributed by atoms with van der Waals surface area (Å²) >= 11 is 12.6. The Bertz CT molecular complexity index is 924. The van der Waals surface area contributed by atoms with Gasteiger partial charge in [0.2, 0.25) is 11.8 Å². The van der Waals surface area contributed by atoms with Gasteiger partial charge in [-0.1, -0.05) is 60.7 Å². The van der Waals surface area contributed by atoms with E-state index in [2.05, 4.69) is 5.32 Å². The Morgan fingerprint density at radius 2 is 1.75 bits per heavy atom. The summed E-state index contributed by atoms with van der Waals surface area (Å²) in [5, 5.41) is 4.01. The lowest BCUT2D eigenvalue weighted by Gasteiger charge is -2.31. The van der Waals surface area contributed by atoms with E-state index in [1.807, 2.05) is 24.3 Å². The topological polar surface area (TPSA) is 58.6 Å². The van der Waals surface area contributed by atoms with E-state index in [-0.39, 0.29) is 30.8 Å². The third-order valence-corrected chi connectivity index (χ3v) is 6.70. The number of benzene rings is 2. The summed E-state index contributed by atoms with van der Waals surface area (Å²) in [5.74, 6) is 0.343. The molecule has 32 heavy (non-hydrogen) atoms. The molecule has 0 unspecified atom stereocenters. The lowest BCUT2D eigenvalue weighted by molar-refractivity contribution is -0.140. The van der Waals surface area contributed by atoms with Crippen LogP contribution >= 0.6 is 23.2 Å². The average molecular weight is 477 g/mol. The number of nitrogens with one attached hydrogen (secondary N) is 1. The Morgan fingerprint density at radius 3 is 2.41 bits per heavy atom. The molecule has 0 spiro atoms. The molecule has 0 bridgehead atoms. The molecule has 1 fully saturated rings. The Balaban J connectivity index is 1.82. The van der Waals surface area contributed by atoms with Crippen molar-refractivity contribution in [2.75, 3.05) is 7.11 Å². The zero-order valence-electron chi connectivity index (χ0n) is 18.6. The van der Waals surface area contributed by atoms with Crippen LogP contribution in [0, 0.1) is 0 Å². The molecular weight excluding hydrogens is 447 g/mol. The van der Waals surface area contributed by atoms with E-state index in [1.165, 1.54) is 6.42 Å². The lowest BCUT2D eigenvalue weighted by atomic mass is 9.95. The molecule has 2 amide bonds. The molecule has 1 saturated carbocycles. The van der Waals surface area contributed by atoms with Crippen molar-refractivity contribution in [3.05, 3.63) is 63.6 Å². The van der Waals surface area contributed by atoms with Gasteiger partial charge >= 0.3 is 0 Å². The van der Waals surface area contributed by atoms with Crippen molar-refractivity contribution in [1.82, 2.24) is 10.2 Å². The highest BCUT2D eigenvalue weighted by Gasteiger charge is 2.29. The smallest absolute Gasteiger partial charge is 0.242 e. The number of rotatable bonds is 8. The van der Waals surface area contributed by atoms with Gasteiger partial charge in [0.25, 0.3) is 0 Å². The molecule has 0 radical (unpaired) electrons. The standard InChI is InChI=1S/C25H30Cl2N2O3/c1-17(25(31)28-19-9-4-3-5-10-19)29(16-18-8-6-11-20(14-18)32-2)24(30)15-21-22(26)12-7-13-23(21)27/h6-8,11-14,17,19H,3-5,9-10,15-16H2,1-2H3,(H,28,31)/t17-/m0/s1. The van der Waals surface area contributed by atoms with Crippen LogP contribution < -0.4 is 10.1 Å². The minimum atomic E-state index is -0.642. The summed E-state index contributed by atoms with van der Waals surface area (Å²) in [4.78, 5) is 28.1. The number of nitrogens with zero attached hydrogens (tertiary/aromatic N) is 1. The fraction of sp³-hybridized carbons (Fsp3) is 0.440. The van der Waals surface area contributed by atoms with E-state index in [0.29, 0.717) is 21.4 Å². The van der Waals surface area contributed by atoms with Gasteiger partial charge in [-0.3, -0.25) is 9.59 Å². The monoisotopic (exact) mass is 476 g/mol. The Morgan fingerprint density at radius 1 is 1.09 bits per heavy atom. The maximum atomic E-state index is 13.4. The predicted molar refractivity (Wildman–Crippen MR) is 128 cm³/mol. The predicted octanol–water partition coefficient (Wildman–Crippen LogP) is 5.41. The van der Waals surface area contributed by atoms with Gasteiger partial charge in [-0.25, -0.2) is 0 Å². The van der Waals surface area contributed by atoms with Gasteiger partial charge < -0.3 is 15.0 Å². The van der Waals surface area contributed by atoms with Crippen molar-refractivity contribution in [2.24, 2.45) is 0 Å². The molecule has 2 aromatic rings. The van der Waals surface area contributed by atoms with E-state index in [0.717, 1.165) is 31.2 Å². The Kier molecular flexibility index (Phi) is 8.83. The molecule has 0 heterocycles. The molecule has 0 aromatic heterocycles. The minimum absolute atomic E-state index is 0.0174.